The lowest BCUT2D eigenvalue weighted by molar-refractivity contribution is -0.390. The van der Waals surface area contributed by atoms with Crippen LogP contribution in [0.2, 0.25) is 0 Å². The molecule has 1 rings (SSSR count). The van der Waals surface area contributed by atoms with Gasteiger partial charge in [0.15, 0.2) is 11.9 Å². The summed E-state index contributed by atoms with van der Waals surface area (Å²) in [5.41, 5.74) is 0. The second kappa shape index (κ2) is 4.91. The van der Waals surface area contributed by atoms with Crippen molar-refractivity contribution in [2.45, 2.75) is 0 Å². The third-order valence-corrected chi connectivity index (χ3v) is 1.57. The van der Waals surface area contributed by atoms with Gasteiger partial charge in [-0.15, -0.1) is 0 Å². The number of ether oxygens (including phenoxy) is 3. The zero-order valence-corrected chi connectivity index (χ0v) is 8.50. The number of nitro groups is 1. The van der Waals surface area contributed by atoms with Crippen LogP contribution in [0.15, 0.2) is 12.3 Å². The van der Waals surface area contributed by atoms with Crippen molar-refractivity contribution in [3.63, 3.8) is 0 Å². The van der Waals surface area contributed by atoms with Crippen molar-refractivity contribution in [3.05, 3.63) is 22.4 Å². The van der Waals surface area contributed by atoms with Crippen molar-refractivity contribution in [2.75, 3.05) is 14.2 Å². The SMILES string of the molecule is COC(=O)Oc1cnc([N+](=O)[O-])c(OC)c1. The highest BCUT2D eigenvalue weighted by Gasteiger charge is 2.18. The first-order valence-corrected chi connectivity index (χ1v) is 4.02. The maximum absolute atomic E-state index is 10.8. The quantitative estimate of drug-likeness (QED) is 0.434. The van der Waals surface area contributed by atoms with Gasteiger partial charge in [-0.05, 0) is 9.91 Å². The molecule has 0 aliphatic carbocycles. The first-order chi connectivity index (χ1) is 7.58. The van der Waals surface area contributed by atoms with Gasteiger partial charge in [0.1, 0.15) is 0 Å². The van der Waals surface area contributed by atoms with Crippen molar-refractivity contribution in [1.82, 2.24) is 4.98 Å². The van der Waals surface area contributed by atoms with Gasteiger partial charge in [-0.25, -0.2) is 4.79 Å². The highest BCUT2D eigenvalue weighted by molar-refractivity contribution is 5.64. The number of rotatable bonds is 3. The maximum Gasteiger partial charge on any atom is 0.513 e. The molecule has 0 aromatic carbocycles. The van der Waals surface area contributed by atoms with Gasteiger partial charge < -0.3 is 24.3 Å². The summed E-state index contributed by atoms with van der Waals surface area (Å²) in [4.78, 5) is 24.0. The third-order valence-electron chi connectivity index (χ3n) is 1.57. The summed E-state index contributed by atoms with van der Waals surface area (Å²) in [6.07, 6.45) is 0.0788. The van der Waals surface area contributed by atoms with Gasteiger partial charge in [0, 0.05) is 6.07 Å². The monoisotopic (exact) mass is 228 g/mol. The van der Waals surface area contributed by atoms with E-state index in [1.807, 2.05) is 0 Å². The lowest BCUT2D eigenvalue weighted by Crippen LogP contribution is -2.08. The van der Waals surface area contributed by atoms with E-state index in [-0.39, 0.29) is 11.5 Å². The summed E-state index contributed by atoms with van der Waals surface area (Å²) < 4.78 is 13.6. The predicted molar refractivity (Wildman–Crippen MR) is 50.5 cm³/mol. The minimum absolute atomic E-state index is 0.00528. The fourth-order valence-electron chi connectivity index (χ4n) is 0.900. The Morgan fingerprint density at radius 3 is 2.69 bits per heavy atom. The summed E-state index contributed by atoms with van der Waals surface area (Å²) in [6, 6.07) is 1.17. The molecule has 1 aromatic rings. The van der Waals surface area contributed by atoms with Crippen molar-refractivity contribution in [3.8, 4) is 11.5 Å². The lowest BCUT2D eigenvalue weighted by Gasteiger charge is -2.03. The average Bonchev–Trinajstić information content (AvgIpc) is 2.28. The highest BCUT2D eigenvalue weighted by Crippen LogP contribution is 2.27. The van der Waals surface area contributed by atoms with Gasteiger partial charge in [-0.1, -0.05) is 0 Å². The molecule has 0 saturated carbocycles. The molecule has 0 saturated heterocycles. The van der Waals surface area contributed by atoms with E-state index in [1.54, 1.807) is 0 Å². The molecule has 0 radical (unpaired) electrons. The van der Waals surface area contributed by atoms with Crippen LogP contribution in [0.5, 0.6) is 11.5 Å². The molecule has 0 aliphatic rings. The molecular formula is C8H8N2O6. The average molecular weight is 228 g/mol. The molecule has 0 fully saturated rings. The molecule has 8 heteroatoms. The number of hydrogen-bond acceptors (Lipinski definition) is 7. The minimum atomic E-state index is -0.947. The number of carbonyl (C=O) groups excluding carboxylic acids is 1. The van der Waals surface area contributed by atoms with Crippen LogP contribution in [0.3, 0.4) is 0 Å². The number of hydrogen-bond donors (Lipinski definition) is 0. The van der Waals surface area contributed by atoms with Crippen LogP contribution in [0.25, 0.3) is 0 Å². The van der Waals surface area contributed by atoms with Crippen molar-refractivity contribution >= 4 is 12.0 Å². The second-order valence-corrected chi connectivity index (χ2v) is 2.51. The van der Waals surface area contributed by atoms with Gasteiger partial charge in [-0.2, -0.15) is 0 Å². The smallest absolute Gasteiger partial charge is 0.489 e. The van der Waals surface area contributed by atoms with E-state index < -0.39 is 16.9 Å². The molecule has 0 aliphatic heterocycles. The van der Waals surface area contributed by atoms with Crippen molar-refractivity contribution in [2.24, 2.45) is 0 Å². The van der Waals surface area contributed by atoms with Crippen LogP contribution >= 0.6 is 0 Å². The number of carbonyl (C=O) groups is 1. The molecule has 16 heavy (non-hydrogen) atoms. The molecule has 0 atom stereocenters. The Morgan fingerprint density at radius 2 is 2.19 bits per heavy atom. The number of nitrogens with zero attached hydrogens (tertiary/aromatic N) is 2. The largest absolute Gasteiger partial charge is 0.513 e. The Kier molecular flexibility index (Phi) is 3.59. The first-order valence-electron chi connectivity index (χ1n) is 4.02. The third kappa shape index (κ3) is 2.56. The molecule has 86 valence electrons. The standard InChI is InChI=1S/C8H8N2O6/c1-14-6-3-5(16-8(11)15-2)4-9-7(6)10(12)13/h3-4H,1-2H3. The molecule has 0 unspecified atom stereocenters. The minimum Gasteiger partial charge on any atom is -0.489 e. The van der Waals surface area contributed by atoms with Gasteiger partial charge in [0.25, 0.3) is 0 Å². The van der Waals surface area contributed by atoms with Crippen molar-refractivity contribution < 1.29 is 23.9 Å². The summed E-state index contributed by atoms with van der Waals surface area (Å²) in [5.74, 6) is -0.569. The Hall–Kier alpha value is -2.38. The van der Waals surface area contributed by atoms with Crippen LogP contribution in [-0.2, 0) is 4.74 Å². The van der Waals surface area contributed by atoms with E-state index in [4.69, 9.17) is 4.74 Å². The first kappa shape index (κ1) is 11.7. The molecule has 8 nitrogen and oxygen atoms in total. The Balaban J connectivity index is 2.99. The van der Waals surface area contributed by atoms with Gasteiger partial charge in [0.05, 0.1) is 14.2 Å². The summed E-state index contributed by atoms with van der Waals surface area (Å²) in [5, 5.41) is 10.5. The van der Waals surface area contributed by atoms with Crippen LogP contribution < -0.4 is 9.47 Å². The van der Waals surface area contributed by atoms with E-state index in [9.17, 15) is 14.9 Å². The molecule has 1 aromatic heterocycles. The van der Waals surface area contributed by atoms with Crippen molar-refractivity contribution in [1.29, 1.82) is 0 Å². The number of aromatic nitrogens is 1. The zero-order valence-electron chi connectivity index (χ0n) is 8.50. The Bertz CT molecular complexity index is 419. The fourth-order valence-corrected chi connectivity index (χ4v) is 0.900. The van der Waals surface area contributed by atoms with Gasteiger partial charge in [0.2, 0.25) is 5.75 Å². The number of pyridine rings is 1. The molecular weight excluding hydrogens is 220 g/mol. The Morgan fingerprint density at radius 1 is 1.50 bits per heavy atom. The van der Waals surface area contributed by atoms with E-state index >= 15 is 0 Å². The molecule has 0 bridgehead atoms. The van der Waals surface area contributed by atoms with Crippen LogP contribution in [0.4, 0.5) is 10.6 Å². The summed E-state index contributed by atoms with van der Waals surface area (Å²) in [7, 11) is 2.38. The Labute approximate surface area is 89.9 Å². The molecule has 0 N–H and O–H groups in total. The van der Waals surface area contributed by atoms with Gasteiger partial charge in [-0.3, -0.25) is 0 Å². The second-order valence-electron chi connectivity index (χ2n) is 2.51. The topological polar surface area (TPSA) is 101 Å². The van der Waals surface area contributed by atoms with E-state index in [1.165, 1.54) is 13.2 Å². The fraction of sp³-hybridized carbons (Fsp3) is 0.250. The van der Waals surface area contributed by atoms with Crippen LogP contribution in [-0.4, -0.2) is 30.3 Å². The van der Waals surface area contributed by atoms with E-state index in [2.05, 4.69) is 14.5 Å². The number of methoxy groups -OCH3 is 2. The van der Waals surface area contributed by atoms with Crippen LogP contribution in [0.1, 0.15) is 0 Å². The zero-order chi connectivity index (χ0) is 12.1. The van der Waals surface area contributed by atoms with Gasteiger partial charge >= 0.3 is 12.0 Å². The van der Waals surface area contributed by atoms with Crippen LogP contribution in [0, 0.1) is 10.1 Å². The maximum atomic E-state index is 10.8. The summed E-state index contributed by atoms with van der Waals surface area (Å²) >= 11 is 0. The normalized spacial score (nSPS) is 9.38. The van der Waals surface area contributed by atoms with E-state index in [0.717, 1.165) is 13.3 Å². The highest BCUT2D eigenvalue weighted by atomic mass is 16.7. The molecule has 0 spiro atoms. The lowest BCUT2D eigenvalue weighted by atomic mass is 10.4. The predicted octanol–water partition coefficient (Wildman–Crippen LogP) is 1.14. The molecule has 0 amide bonds. The summed E-state index contributed by atoms with van der Waals surface area (Å²) in [6.45, 7) is 0. The molecule has 1 heterocycles. The van der Waals surface area contributed by atoms with E-state index in [0.29, 0.717) is 0 Å².